The third-order valence-electron chi connectivity index (χ3n) is 17.2. The molecule has 10 atom stereocenters. The number of unbranched alkanes of at least 4 members (excludes halogenated alkanes) is 3. The number of carboxylic acid groups (broad SMARTS) is 1. The monoisotopic (exact) mass is 1340 g/mol. The Labute approximate surface area is 551 Å². The summed E-state index contributed by atoms with van der Waals surface area (Å²) in [6.45, 7) is 7.16. The zero-order chi connectivity index (χ0) is 70.3. The van der Waals surface area contributed by atoms with Crippen LogP contribution >= 0.6 is 0 Å². The minimum absolute atomic E-state index is 0.00970. The van der Waals surface area contributed by atoms with E-state index in [1.807, 2.05) is 0 Å². The molecule has 2 aliphatic heterocycles. The van der Waals surface area contributed by atoms with Crippen molar-refractivity contribution in [2.24, 2.45) is 11.7 Å². The lowest BCUT2D eigenvalue weighted by atomic mass is 9.72. The number of anilines is 1. The Morgan fingerprint density at radius 1 is 0.854 bits per heavy atom. The number of carbonyl (C=O) groups is 12. The molecular weight excluding hydrogens is 1260 g/mol. The van der Waals surface area contributed by atoms with E-state index in [4.69, 9.17) is 24.7 Å². The largest absolute Gasteiger partial charge is 0.507 e. The van der Waals surface area contributed by atoms with Gasteiger partial charge in [0, 0.05) is 67.7 Å². The lowest BCUT2D eigenvalue weighted by molar-refractivity contribution is -0.249. The van der Waals surface area contributed by atoms with Crippen molar-refractivity contribution in [2.75, 3.05) is 38.7 Å². The molecule has 7 rings (SSSR count). The van der Waals surface area contributed by atoms with Crippen LogP contribution in [-0.2, 0) is 65.6 Å². The van der Waals surface area contributed by atoms with Crippen molar-refractivity contribution in [3.05, 3.63) is 94.1 Å². The van der Waals surface area contributed by atoms with Gasteiger partial charge in [-0.3, -0.25) is 58.2 Å². The molecule has 96 heavy (non-hydrogen) atoms. The van der Waals surface area contributed by atoms with Gasteiger partial charge in [0.15, 0.2) is 17.9 Å². The van der Waals surface area contributed by atoms with Crippen LogP contribution in [0.4, 0.5) is 15.3 Å². The molecule has 2 aliphatic carbocycles. The van der Waals surface area contributed by atoms with Crippen molar-refractivity contribution in [3.8, 4) is 17.2 Å². The molecule has 31 heteroatoms. The molecule has 0 radical (unpaired) electrons. The van der Waals surface area contributed by atoms with E-state index < -0.39 is 173 Å². The number of Topliss-reactive ketones (excluding diaryl/α,β-unsaturated/α-hetero) is 1. The second-order valence-corrected chi connectivity index (χ2v) is 24.3. The van der Waals surface area contributed by atoms with Gasteiger partial charge in [-0.05, 0) is 87.6 Å². The Morgan fingerprint density at radius 3 is 2.22 bits per heavy atom. The normalized spacial score (nSPS) is 21.3. The number of aliphatic carboxylic acids is 1. The number of aliphatic hydroxyl groups is 3. The predicted octanol–water partition coefficient (Wildman–Crippen LogP) is 1.18. The highest BCUT2D eigenvalue weighted by Crippen LogP contribution is 2.52. The van der Waals surface area contributed by atoms with Crippen LogP contribution in [0.25, 0.3) is 0 Å². The summed E-state index contributed by atoms with van der Waals surface area (Å²) in [6, 6.07) is 3.89. The first kappa shape index (κ1) is 74.0. The van der Waals surface area contributed by atoms with Crippen LogP contribution in [0.15, 0.2) is 55.1 Å². The quantitative estimate of drug-likeness (QED) is 0.0138. The molecule has 31 nitrogen and oxygen atoms in total. The first-order valence-corrected chi connectivity index (χ1v) is 31.5. The number of hydrogen-bond acceptors (Lipinski definition) is 22. The summed E-state index contributed by atoms with van der Waals surface area (Å²) in [5.41, 5.74) is 1.39. The molecular formula is C65H83N9O22. The van der Waals surface area contributed by atoms with E-state index in [9.17, 15) is 88.2 Å². The fourth-order valence-corrected chi connectivity index (χ4v) is 12.0. The standard InChI is InChI=1S/C65H83N9O22/c1-6-45(77)67-23-10-9-15-39(62(88)89)70-41-26-47(79)74(61(41)87)25-11-7-8-18-46(78)73-53(32(2)3)60(86)71-38(16-13-24-68-63(66)90)59(85)69-35-21-19-34(20-22-35)31-94-64(91)72-40-27-48(95-33(4)54(40)80)96-43-29-65(92,44(76)30-75)28-37-50(43)58(84)52-51(56(37)82)55(81)36-14-12-17-42(93-5)49(36)57(52)83/h6,12,14,17,19-22,32-33,38-41,43,48,53-54,70,75,80,82,84,92H,1,7-11,13,15-16,18,23-31H2,2-5H3,(H,67,77)(H,69,85)(H,71,86)(H,72,91)(H,73,78)(H,88,89)(H3,66,68,90)/t33-,38-,39-,40-,41?,43-,48-,53-,54+,65-/m0/s1. The first-order valence-electron chi connectivity index (χ1n) is 31.5. The molecule has 0 bridgehead atoms. The third kappa shape index (κ3) is 18.1. The number of fused-ring (bicyclic) bond motifs is 3. The van der Waals surface area contributed by atoms with Crippen molar-refractivity contribution >= 4 is 76.6 Å². The highest BCUT2D eigenvalue weighted by molar-refractivity contribution is 6.31. The van der Waals surface area contributed by atoms with E-state index in [1.165, 1.54) is 56.5 Å². The molecule has 0 saturated carbocycles. The van der Waals surface area contributed by atoms with Crippen LogP contribution in [0.3, 0.4) is 0 Å². The van der Waals surface area contributed by atoms with Crippen molar-refractivity contribution in [1.29, 1.82) is 0 Å². The number of rotatable bonds is 33. The Kier molecular flexibility index (Phi) is 25.7. The Bertz CT molecular complexity index is 3470. The summed E-state index contributed by atoms with van der Waals surface area (Å²) in [4.78, 5) is 157. The predicted molar refractivity (Wildman–Crippen MR) is 337 cm³/mol. The number of phenols is 2. The van der Waals surface area contributed by atoms with Gasteiger partial charge in [0.1, 0.15) is 60.3 Å². The second-order valence-electron chi connectivity index (χ2n) is 24.3. The Hall–Kier alpha value is -9.40. The summed E-state index contributed by atoms with van der Waals surface area (Å²) >= 11 is 0. The average Bonchev–Trinajstić information content (AvgIpc) is 0.801. The maximum Gasteiger partial charge on any atom is 0.407 e. The molecule has 1 unspecified atom stereocenters. The number of amides is 9. The molecule has 4 aliphatic rings. The van der Waals surface area contributed by atoms with E-state index in [2.05, 4.69) is 43.8 Å². The summed E-state index contributed by atoms with van der Waals surface area (Å²) < 4.78 is 23.0. The van der Waals surface area contributed by atoms with Crippen molar-refractivity contribution in [1.82, 2.24) is 36.8 Å². The van der Waals surface area contributed by atoms with E-state index >= 15 is 0 Å². The number of phenolic OH excluding ortho intramolecular Hbond substituents is 2. The van der Waals surface area contributed by atoms with Crippen LogP contribution in [0, 0.1) is 5.92 Å². The summed E-state index contributed by atoms with van der Waals surface area (Å²) in [7, 11) is 1.27. The number of aromatic hydroxyl groups is 2. The number of ether oxygens (including phenoxy) is 4. The van der Waals surface area contributed by atoms with Gasteiger partial charge in [-0.15, -0.1) is 0 Å². The lowest BCUT2D eigenvalue weighted by Crippen LogP contribution is -2.56. The van der Waals surface area contributed by atoms with Gasteiger partial charge in [0.25, 0.3) is 0 Å². The third-order valence-corrected chi connectivity index (χ3v) is 17.2. The van der Waals surface area contributed by atoms with Gasteiger partial charge in [0.2, 0.25) is 41.2 Å². The SMILES string of the molecule is C=CC(=O)NCCCC[C@H](NC1CC(=O)N(CCCCCC(=O)N[C@H](C(=O)N[C@@H](CCCNC(N)=O)C(=O)Nc2ccc(COC(=O)N[C@H]3C[C@H](O[C@H]4C[C@](O)(C(=O)CO)Cc5c(O)c6c(c(O)c54)C(=O)c4c(OC)cccc4C6=O)O[C@@H](C)[C@H]3O)cc2)C(C)C)C1=O)C(=O)O. The number of aliphatic hydroxyl groups excluding tert-OH is 2. The van der Waals surface area contributed by atoms with Crippen LogP contribution in [0.2, 0.25) is 0 Å². The topological polar surface area (TPSA) is 477 Å². The van der Waals surface area contributed by atoms with Gasteiger partial charge >= 0.3 is 18.1 Å². The minimum atomic E-state index is -2.44. The molecule has 2 heterocycles. The molecule has 0 aromatic heterocycles. The van der Waals surface area contributed by atoms with Crippen LogP contribution < -0.4 is 47.7 Å². The fraction of sp³-hybridized carbons (Fsp3) is 0.508. The molecule has 2 saturated heterocycles. The van der Waals surface area contributed by atoms with Gasteiger partial charge < -0.3 is 87.2 Å². The van der Waals surface area contributed by atoms with E-state index in [0.717, 1.165) is 11.0 Å². The van der Waals surface area contributed by atoms with E-state index in [1.54, 1.807) is 13.8 Å². The van der Waals surface area contributed by atoms with Crippen LogP contribution in [0.5, 0.6) is 17.2 Å². The number of ketones is 3. The zero-order valence-corrected chi connectivity index (χ0v) is 53.6. The molecule has 2 fully saturated rings. The lowest BCUT2D eigenvalue weighted by Gasteiger charge is -2.42. The van der Waals surface area contributed by atoms with Crippen LogP contribution in [-0.4, -0.2) is 194 Å². The molecule has 0 spiro atoms. The number of nitrogens with zero attached hydrogens (tertiary/aromatic N) is 1. The van der Waals surface area contributed by atoms with Crippen LogP contribution in [0.1, 0.15) is 152 Å². The van der Waals surface area contributed by atoms with Gasteiger partial charge in [0.05, 0.1) is 54.5 Å². The molecule has 3 aromatic carbocycles. The number of likely N-dealkylation sites (tertiary alicyclic amines) is 1. The molecule has 520 valence electrons. The number of hydrogen-bond donors (Lipinski definition) is 14. The number of carboxylic acids is 1. The number of imide groups is 1. The molecule has 9 amide bonds. The van der Waals surface area contributed by atoms with Crippen molar-refractivity contribution in [2.45, 2.75) is 171 Å². The number of primary amides is 1. The van der Waals surface area contributed by atoms with Gasteiger partial charge in [-0.2, -0.15) is 0 Å². The maximum absolute atomic E-state index is 14.1. The number of nitrogens with two attached hydrogens (primary N) is 1. The highest BCUT2D eigenvalue weighted by atomic mass is 16.7. The number of urea groups is 1. The second kappa shape index (κ2) is 33.3. The number of alkyl carbamates (subject to hydrolysis) is 1. The zero-order valence-electron chi connectivity index (χ0n) is 53.6. The highest BCUT2D eigenvalue weighted by Gasteiger charge is 2.51. The first-order chi connectivity index (χ1) is 45.6. The van der Waals surface area contributed by atoms with Gasteiger partial charge in [-0.1, -0.05) is 51.1 Å². The summed E-state index contributed by atoms with van der Waals surface area (Å²) in [6.07, 6.45) is -4.86. The minimum Gasteiger partial charge on any atom is -0.507 e. The summed E-state index contributed by atoms with van der Waals surface area (Å²) in [5, 5.41) is 84.7. The number of benzene rings is 3. The average molecular weight is 1340 g/mol. The molecule has 3 aromatic rings. The molecule has 15 N–H and O–H groups in total. The maximum atomic E-state index is 14.1. The smallest absolute Gasteiger partial charge is 0.407 e. The van der Waals surface area contributed by atoms with Crippen molar-refractivity contribution in [3.63, 3.8) is 0 Å². The number of carbonyl (C=O) groups excluding carboxylic acids is 11. The van der Waals surface area contributed by atoms with Crippen molar-refractivity contribution < 1.29 is 107 Å². The van der Waals surface area contributed by atoms with E-state index in [-0.39, 0.29) is 97.8 Å². The fourth-order valence-electron chi connectivity index (χ4n) is 12.0. The summed E-state index contributed by atoms with van der Waals surface area (Å²) in [5.74, 6) is -9.29. The van der Waals surface area contributed by atoms with Gasteiger partial charge in [-0.25, -0.2) is 9.59 Å². The van der Waals surface area contributed by atoms with E-state index in [0.29, 0.717) is 44.2 Å². The Morgan fingerprint density at radius 2 is 1.55 bits per heavy atom. The Balaban J connectivity index is 0.904. The number of nitrogens with one attached hydrogen (secondary N) is 7. The number of methoxy groups -OCH3 is 1.